The SMILES string of the molecule is CCCc1c(I)c(C(N)=O)c(I)c(C(=O)O)c1I. The van der Waals surface area contributed by atoms with E-state index in [2.05, 4.69) is 22.6 Å². The molecule has 0 spiro atoms. The molecule has 0 aliphatic heterocycles. The normalized spacial score (nSPS) is 10.4. The maximum absolute atomic E-state index is 11.5. The third kappa shape index (κ3) is 3.08. The van der Waals surface area contributed by atoms with E-state index in [4.69, 9.17) is 5.73 Å². The molecule has 3 N–H and O–H groups in total. The number of carbonyl (C=O) groups excluding carboxylic acids is 1. The smallest absolute Gasteiger partial charge is 0.337 e. The van der Waals surface area contributed by atoms with Gasteiger partial charge in [0, 0.05) is 10.7 Å². The molecule has 18 heavy (non-hydrogen) atoms. The molecule has 0 aliphatic rings. The van der Waals surface area contributed by atoms with E-state index < -0.39 is 11.9 Å². The molecule has 0 aliphatic carbocycles. The number of rotatable bonds is 4. The predicted octanol–water partition coefficient (Wildman–Crippen LogP) is 3.25. The number of carbonyl (C=O) groups is 2. The fourth-order valence-electron chi connectivity index (χ4n) is 1.59. The number of hydrogen-bond donors (Lipinski definition) is 2. The summed E-state index contributed by atoms with van der Waals surface area (Å²) >= 11 is 5.97. The van der Waals surface area contributed by atoms with Gasteiger partial charge in [0.15, 0.2) is 0 Å². The summed E-state index contributed by atoms with van der Waals surface area (Å²) in [6.07, 6.45) is 1.61. The highest BCUT2D eigenvalue weighted by molar-refractivity contribution is 14.1. The molecule has 0 atom stereocenters. The van der Waals surface area contributed by atoms with E-state index in [0.29, 0.717) is 12.7 Å². The summed E-state index contributed by atoms with van der Waals surface area (Å²) in [5.41, 5.74) is 6.74. The Morgan fingerprint density at radius 1 is 1.11 bits per heavy atom. The van der Waals surface area contributed by atoms with Crippen molar-refractivity contribution in [3.63, 3.8) is 0 Å². The second-order valence-corrected chi connectivity index (χ2v) is 6.83. The quantitative estimate of drug-likeness (QED) is 0.534. The van der Waals surface area contributed by atoms with Gasteiger partial charge in [0.2, 0.25) is 0 Å². The number of halogens is 3. The van der Waals surface area contributed by atoms with Crippen LogP contribution < -0.4 is 5.73 Å². The molecule has 1 rings (SSSR count). The Labute approximate surface area is 145 Å². The summed E-state index contributed by atoms with van der Waals surface area (Å²) in [7, 11) is 0. The third-order valence-corrected chi connectivity index (χ3v) is 5.83. The highest BCUT2D eigenvalue weighted by Gasteiger charge is 2.25. The van der Waals surface area contributed by atoms with E-state index in [9.17, 15) is 14.7 Å². The van der Waals surface area contributed by atoms with Crippen molar-refractivity contribution in [1.82, 2.24) is 0 Å². The lowest BCUT2D eigenvalue weighted by atomic mass is 10.0. The summed E-state index contributed by atoms with van der Waals surface area (Å²) in [5, 5.41) is 9.27. The van der Waals surface area contributed by atoms with Gasteiger partial charge in [-0.05, 0) is 79.8 Å². The molecule has 0 bridgehead atoms. The van der Waals surface area contributed by atoms with Crippen LogP contribution in [0.3, 0.4) is 0 Å². The molecule has 0 radical (unpaired) electrons. The van der Waals surface area contributed by atoms with Gasteiger partial charge in [-0.3, -0.25) is 4.79 Å². The lowest BCUT2D eigenvalue weighted by Crippen LogP contribution is -2.20. The number of benzene rings is 1. The van der Waals surface area contributed by atoms with E-state index in [1.165, 1.54) is 0 Å². The van der Waals surface area contributed by atoms with Gasteiger partial charge in [0.05, 0.1) is 11.1 Å². The van der Waals surface area contributed by atoms with E-state index in [1.807, 2.05) is 52.1 Å². The fourth-order valence-corrected chi connectivity index (χ4v) is 6.29. The lowest BCUT2D eigenvalue weighted by molar-refractivity contribution is 0.0694. The minimum atomic E-state index is -1.03. The number of carboxylic acid groups (broad SMARTS) is 1. The van der Waals surface area contributed by atoms with E-state index in [0.717, 1.165) is 22.0 Å². The van der Waals surface area contributed by atoms with Gasteiger partial charge in [-0.25, -0.2) is 4.79 Å². The van der Waals surface area contributed by atoms with Gasteiger partial charge < -0.3 is 10.8 Å². The van der Waals surface area contributed by atoms with Crippen molar-refractivity contribution < 1.29 is 14.7 Å². The topological polar surface area (TPSA) is 80.4 Å². The molecular formula is C11H10I3NO3. The zero-order chi connectivity index (χ0) is 14.0. The van der Waals surface area contributed by atoms with Crippen LogP contribution in [-0.4, -0.2) is 17.0 Å². The van der Waals surface area contributed by atoms with Gasteiger partial charge in [0.25, 0.3) is 5.91 Å². The van der Waals surface area contributed by atoms with Crippen molar-refractivity contribution in [3.8, 4) is 0 Å². The Bertz CT molecular complexity index is 488. The summed E-state index contributed by atoms with van der Waals surface area (Å²) in [6.45, 7) is 2.01. The maximum atomic E-state index is 11.5. The zero-order valence-electron chi connectivity index (χ0n) is 9.39. The Morgan fingerprint density at radius 3 is 2.00 bits per heavy atom. The molecule has 0 fully saturated rings. The molecule has 1 aromatic carbocycles. The Hall–Kier alpha value is 0.350. The first-order chi connectivity index (χ1) is 8.32. The first-order valence-corrected chi connectivity index (χ1v) is 8.28. The van der Waals surface area contributed by atoms with Gasteiger partial charge in [-0.2, -0.15) is 0 Å². The summed E-state index contributed by atoms with van der Waals surface area (Å²) in [4.78, 5) is 22.8. The van der Waals surface area contributed by atoms with Gasteiger partial charge in [-0.1, -0.05) is 13.3 Å². The first kappa shape index (κ1) is 16.4. The number of amides is 1. The highest BCUT2D eigenvalue weighted by Crippen LogP contribution is 2.32. The van der Waals surface area contributed by atoms with Gasteiger partial charge in [0.1, 0.15) is 0 Å². The number of hydrogen-bond acceptors (Lipinski definition) is 2. The average molecular weight is 585 g/mol. The van der Waals surface area contributed by atoms with Crippen LogP contribution in [0.2, 0.25) is 0 Å². The third-order valence-electron chi connectivity index (χ3n) is 2.37. The Balaban J connectivity index is 3.75. The van der Waals surface area contributed by atoms with Crippen LogP contribution in [0.1, 0.15) is 39.6 Å². The second kappa shape index (κ2) is 6.68. The van der Waals surface area contributed by atoms with Crippen LogP contribution >= 0.6 is 67.8 Å². The van der Waals surface area contributed by atoms with Gasteiger partial charge in [-0.15, -0.1) is 0 Å². The van der Waals surface area contributed by atoms with Crippen molar-refractivity contribution in [1.29, 1.82) is 0 Å². The summed E-state index contributed by atoms with van der Waals surface area (Å²) in [5.74, 6) is -1.61. The Kier molecular flexibility index (Phi) is 6.09. The standard InChI is InChI=1S/C11H10I3NO3/c1-2-3-4-7(12)5(10(15)16)9(14)6(8(4)13)11(17)18/h2-3H2,1H3,(H2,15,16)(H,17,18). The molecule has 4 nitrogen and oxygen atoms in total. The summed E-state index contributed by atoms with van der Waals surface area (Å²) < 4.78 is 1.88. The molecule has 0 saturated heterocycles. The second-order valence-electron chi connectivity index (χ2n) is 3.59. The average Bonchev–Trinajstić information content (AvgIpc) is 2.23. The molecule has 0 unspecified atom stereocenters. The molecule has 1 aromatic rings. The monoisotopic (exact) mass is 585 g/mol. The highest BCUT2D eigenvalue weighted by atomic mass is 127. The number of aromatic carboxylic acids is 1. The predicted molar refractivity (Wildman–Crippen MR) is 94.1 cm³/mol. The van der Waals surface area contributed by atoms with Crippen molar-refractivity contribution >= 4 is 79.6 Å². The van der Waals surface area contributed by atoms with Gasteiger partial charge >= 0.3 is 5.97 Å². The Morgan fingerprint density at radius 2 is 1.61 bits per heavy atom. The van der Waals surface area contributed by atoms with Crippen LogP contribution in [-0.2, 0) is 6.42 Å². The van der Waals surface area contributed by atoms with Crippen molar-refractivity contribution in [2.75, 3.05) is 0 Å². The summed E-state index contributed by atoms with van der Waals surface area (Å²) in [6, 6.07) is 0. The fraction of sp³-hybridized carbons (Fsp3) is 0.273. The van der Waals surface area contributed by atoms with Crippen molar-refractivity contribution in [3.05, 3.63) is 27.4 Å². The van der Waals surface area contributed by atoms with Crippen LogP contribution in [0.5, 0.6) is 0 Å². The van der Waals surface area contributed by atoms with Crippen LogP contribution in [0.4, 0.5) is 0 Å². The molecule has 98 valence electrons. The van der Waals surface area contributed by atoms with E-state index >= 15 is 0 Å². The van der Waals surface area contributed by atoms with Crippen LogP contribution in [0.15, 0.2) is 0 Å². The molecule has 0 heterocycles. The molecule has 7 heteroatoms. The first-order valence-electron chi connectivity index (χ1n) is 5.05. The zero-order valence-corrected chi connectivity index (χ0v) is 15.9. The molecule has 1 amide bonds. The molecule has 0 aromatic heterocycles. The minimum Gasteiger partial charge on any atom is -0.478 e. The number of primary amides is 1. The minimum absolute atomic E-state index is 0.175. The van der Waals surface area contributed by atoms with E-state index in [-0.39, 0.29) is 5.56 Å². The van der Waals surface area contributed by atoms with E-state index in [1.54, 1.807) is 0 Å². The largest absolute Gasteiger partial charge is 0.478 e. The maximum Gasteiger partial charge on any atom is 0.337 e. The number of nitrogens with two attached hydrogens (primary N) is 1. The van der Waals surface area contributed by atoms with Crippen LogP contribution in [0, 0.1) is 10.7 Å². The number of carboxylic acids is 1. The van der Waals surface area contributed by atoms with Crippen LogP contribution in [0.25, 0.3) is 0 Å². The molecular weight excluding hydrogens is 575 g/mol. The van der Waals surface area contributed by atoms with Crippen molar-refractivity contribution in [2.24, 2.45) is 5.73 Å². The van der Waals surface area contributed by atoms with Crippen molar-refractivity contribution in [2.45, 2.75) is 19.8 Å². The lowest BCUT2D eigenvalue weighted by Gasteiger charge is -2.15. The molecule has 0 saturated carbocycles.